The quantitative estimate of drug-likeness (QED) is 0.845. The van der Waals surface area contributed by atoms with Crippen molar-refractivity contribution in [3.8, 4) is 5.75 Å². The summed E-state index contributed by atoms with van der Waals surface area (Å²) in [6.07, 6.45) is 0. The van der Waals surface area contributed by atoms with Gasteiger partial charge in [0, 0.05) is 5.69 Å². The Labute approximate surface area is 135 Å². The third-order valence-electron chi connectivity index (χ3n) is 3.18. The first-order valence-corrected chi connectivity index (χ1v) is 8.40. The predicted octanol–water partition coefficient (Wildman–Crippen LogP) is 1.92. The van der Waals surface area contributed by atoms with Gasteiger partial charge in [0.25, 0.3) is 0 Å². The van der Waals surface area contributed by atoms with Crippen LogP contribution in [0, 0.1) is 6.92 Å². The van der Waals surface area contributed by atoms with E-state index in [1.54, 1.807) is 56.5 Å². The van der Waals surface area contributed by atoms with Gasteiger partial charge in [-0.2, -0.15) is 0 Å². The van der Waals surface area contributed by atoms with E-state index in [1.807, 2.05) is 0 Å². The number of carbonyl (C=O) groups is 1. The lowest BCUT2D eigenvalue weighted by Crippen LogP contribution is -2.33. The fraction of sp³-hybridized carbons (Fsp3) is 0.188. The highest BCUT2D eigenvalue weighted by Crippen LogP contribution is 2.15. The minimum atomic E-state index is -3.72. The maximum atomic E-state index is 12.2. The maximum absolute atomic E-state index is 12.2. The highest BCUT2D eigenvalue weighted by molar-refractivity contribution is 7.89. The molecule has 23 heavy (non-hydrogen) atoms. The summed E-state index contributed by atoms with van der Waals surface area (Å²) >= 11 is 0. The van der Waals surface area contributed by atoms with Crippen molar-refractivity contribution in [1.82, 2.24) is 4.72 Å². The highest BCUT2D eigenvalue weighted by atomic mass is 32.2. The van der Waals surface area contributed by atoms with Crippen LogP contribution in [0.3, 0.4) is 0 Å². The van der Waals surface area contributed by atoms with E-state index in [9.17, 15) is 13.2 Å². The first kappa shape index (κ1) is 17.0. The number of sulfonamides is 1. The topological polar surface area (TPSA) is 84.5 Å². The SMILES string of the molecule is COc1ccc(NC(=O)CNS(=O)(=O)c2ccccc2C)cc1. The zero-order chi connectivity index (χ0) is 16.9. The standard InChI is InChI=1S/C16H18N2O4S/c1-12-5-3-4-6-15(12)23(20,21)17-11-16(19)18-13-7-9-14(22-2)10-8-13/h3-10,17H,11H2,1-2H3,(H,18,19). The lowest BCUT2D eigenvalue weighted by atomic mass is 10.2. The molecule has 0 saturated carbocycles. The summed E-state index contributed by atoms with van der Waals surface area (Å²) in [4.78, 5) is 12.0. The van der Waals surface area contributed by atoms with Crippen LogP contribution >= 0.6 is 0 Å². The predicted molar refractivity (Wildman–Crippen MR) is 88.0 cm³/mol. The molecule has 122 valence electrons. The van der Waals surface area contributed by atoms with Crippen molar-refractivity contribution in [2.45, 2.75) is 11.8 Å². The number of carbonyl (C=O) groups excluding carboxylic acids is 1. The van der Waals surface area contributed by atoms with E-state index >= 15 is 0 Å². The van der Waals surface area contributed by atoms with Gasteiger partial charge in [0.1, 0.15) is 5.75 Å². The summed E-state index contributed by atoms with van der Waals surface area (Å²) in [5, 5.41) is 2.61. The van der Waals surface area contributed by atoms with E-state index in [0.29, 0.717) is 17.0 Å². The second-order valence-electron chi connectivity index (χ2n) is 4.87. The molecule has 0 saturated heterocycles. The van der Waals surface area contributed by atoms with Crippen LogP contribution in [-0.4, -0.2) is 28.0 Å². The van der Waals surface area contributed by atoms with Gasteiger partial charge in [0.05, 0.1) is 18.6 Å². The average Bonchev–Trinajstić information content (AvgIpc) is 2.54. The van der Waals surface area contributed by atoms with Crippen molar-refractivity contribution >= 4 is 21.6 Å². The third kappa shape index (κ3) is 4.54. The molecule has 0 aromatic heterocycles. The smallest absolute Gasteiger partial charge is 0.241 e. The highest BCUT2D eigenvalue weighted by Gasteiger charge is 2.17. The maximum Gasteiger partial charge on any atom is 0.241 e. The normalized spacial score (nSPS) is 11.0. The molecule has 2 aromatic rings. The minimum absolute atomic E-state index is 0.164. The number of rotatable bonds is 6. The van der Waals surface area contributed by atoms with Crippen molar-refractivity contribution in [2.24, 2.45) is 0 Å². The van der Waals surface area contributed by atoms with Gasteiger partial charge < -0.3 is 10.1 Å². The Hall–Kier alpha value is -2.38. The molecule has 0 atom stereocenters. The molecule has 2 N–H and O–H groups in total. The van der Waals surface area contributed by atoms with Crippen LogP contribution in [0.15, 0.2) is 53.4 Å². The average molecular weight is 334 g/mol. The number of nitrogens with one attached hydrogen (secondary N) is 2. The second kappa shape index (κ2) is 7.26. The van der Waals surface area contributed by atoms with E-state index in [1.165, 1.54) is 6.07 Å². The van der Waals surface area contributed by atoms with Crippen molar-refractivity contribution in [3.05, 3.63) is 54.1 Å². The summed E-state index contributed by atoms with van der Waals surface area (Å²) < 4.78 is 31.7. The molecule has 6 nitrogen and oxygen atoms in total. The van der Waals surface area contributed by atoms with Crippen molar-refractivity contribution in [3.63, 3.8) is 0 Å². The molecular weight excluding hydrogens is 316 g/mol. The van der Waals surface area contributed by atoms with E-state index in [2.05, 4.69) is 10.0 Å². The van der Waals surface area contributed by atoms with Gasteiger partial charge in [-0.05, 0) is 42.8 Å². The molecule has 0 heterocycles. The number of aryl methyl sites for hydroxylation is 1. The molecule has 0 spiro atoms. The number of benzene rings is 2. The molecule has 0 fully saturated rings. The molecule has 1 amide bonds. The number of hydrogen-bond donors (Lipinski definition) is 2. The lowest BCUT2D eigenvalue weighted by molar-refractivity contribution is -0.115. The van der Waals surface area contributed by atoms with Gasteiger partial charge in [0.15, 0.2) is 0 Å². The molecule has 2 rings (SSSR count). The van der Waals surface area contributed by atoms with Crippen molar-refractivity contribution in [1.29, 1.82) is 0 Å². The van der Waals surface area contributed by atoms with Gasteiger partial charge in [0.2, 0.25) is 15.9 Å². The zero-order valence-corrected chi connectivity index (χ0v) is 13.7. The van der Waals surface area contributed by atoms with Crippen LogP contribution in [0.1, 0.15) is 5.56 Å². The summed E-state index contributed by atoms with van der Waals surface area (Å²) in [6, 6.07) is 13.3. The van der Waals surface area contributed by atoms with E-state index in [-0.39, 0.29) is 11.4 Å². The Balaban J connectivity index is 1.97. The Morgan fingerprint density at radius 2 is 1.74 bits per heavy atom. The molecule has 0 bridgehead atoms. The Morgan fingerprint density at radius 1 is 1.09 bits per heavy atom. The monoisotopic (exact) mass is 334 g/mol. The lowest BCUT2D eigenvalue weighted by Gasteiger charge is -2.10. The summed E-state index contributed by atoms with van der Waals surface area (Å²) in [5.41, 5.74) is 1.18. The summed E-state index contributed by atoms with van der Waals surface area (Å²) in [6.45, 7) is 1.36. The van der Waals surface area contributed by atoms with Crippen molar-refractivity contribution < 1.29 is 17.9 Å². The summed E-state index contributed by atoms with van der Waals surface area (Å²) in [7, 11) is -2.17. The number of anilines is 1. The molecule has 0 radical (unpaired) electrons. The molecule has 0 aliphatic heterocycles. The molecule has 0 unspecified atom stereocenters. The van der Waals surface area contributed by atoms with Gasteiger partial charge >= 0.3 is 0 Å². The van der Waals surface area contributed by atoms with Gasteiger partial charge in [-0.25, -0.2) is 13.1 Å². The summed E-state index contributed by atoms with van der Waals surface area (Å²) in [5.74, 6) is 0.218. The van der Waals surface area contributed by atoms with Crippen LogP contribution in [0.5, 0.6) is 5.75 Å². The third-order valence-corrected chi connectivity index (χ3v) is 4.74. The number of amides is 1. The van der Waals surface area contributed by atoms with Crippen molar-refractivity contribution in [2.75, 3.05) is 19.0 Å². The Bertz CT molecular complexity index is 786. The Morgan fingerprint density at radius 3 is 2.35 bits per heavy atom. The van der Waals surface area contributed by atoms with Crippen LogP contribution in [0.25, 0.3) is 0 Å². The fourth-order valence-electron chi connectivity index (χ4n) is 1.98. The van der Waals surface area contributed by atoms with Crippen LogP contribution in [0.4, 0.5) is 5.69 Å². The molecular formula is C16H18N2O4S. The first-order chi connectivity index (χ1) is 10.9. The van der Waals surface area contributed by atoms with E-state index in [0.717, 1.165) is 0 Å². The Kier molecular flexibility index (Phi) is 5.36. The fourth-order valence-corrected chi connectivity index (χ4v) is 3.20. The second-order valence-corrected chi connectivity index (χ2v) is 6.60. The molecule has 0 aliphatic carbocycles. The van der Waals surface area contributed by atoms with Crippen LogP contribution in [-0.2, 0) is 14.8 Å². The van der Waals surface area contributed by atoms with Gasteiger partial charge in [-0.15, -0.1) is 0 Å². The number of ether oxygens (including phenoxy) is 1. The van der Waals surface area contributed by atoms with E-state index in [4.69, 9.17) is 4.74 Å². The molecule has 7 heteroatoms. The molecule has 0 aliphatic rings. The minimum Gasteiger partial charge on any atom is -0.497 e. The number of hydrogen-bond acceptors (Lipinski definition) is 4. The van der Waals surface area contributed by atoms with Crippen LogP contribution in [0.2, 0.25) is 0 Å². The van der Waals surface area contributed by atoms with Gasteiger partial charge in [-0.1, -0.05) is 18.2 Å². The largest absolute Gasteiger partial charge is 0.497 e. The zero-order valence-electron chi connectivity index (χ0n) is 12.9. The molecule has 2 aromatic carbocycles. The van der Waals surface area contributed by atoms with Gasteiger partial charge in [-0.3, -0.25) is 4.79 Å². The number of methoxy groups -OCH3 is 1. The van der Waals surface area contributed by atoms with E-state index < -0.39 is 15.9 Å². The first-order valence-electron chi connectivity index (χ1n) is 6.91. The van der Waals surface area contributed by atoms with Crippen LogP contribution < -0.4 is 14.8 Å².